The molecule has 0 radical (unpaired) electrons. The molecule has 0 saturated carbocycles. The number of amides is 1. The van der Waals surface area contributed by atoms with Crippen LogP contribution in [-0.4, -0.2) is 12.5 Å². The predicted molar refractivity (Wildman–Crippen MR) is 70.7 cm³/mol. The number of aryl methyl sites for hydroxylation is 1. The van der Waals surface area contributed by atoms with Crippen LogP contribution >= 0.6 is 0 Å². The lowest BCUT2D eigenvalue weighted by Gasteiger charge is -2.15. The number of carbonyl (C=O) groups excluding carboxylic acids is 1. The second-order valence-electron chi connectivity index (χ2n) is 4.37. The van der Waals surface area contributed by atoms with Gasteiger partial charge in [-0.15, -0.1) is 0 Å². The average Bonchev–Trinajstić information content (AvgIpc) is 2.65. The van der Waals surface area contributed by atoms with Crippen molar-refractivity contribution >= 4 is 22.4 Å². The average molecular weight is 225 g/mol. The van der Waals surface area contributed by atoms with Gasteiger partial charge in [0.15, 0.2) is 0 Å². The van der Waals surface area contributed by atoms with Gasteiger partial charge in [-0.25, -0.2) is 0 Å². The Balaban J connectivity index is 2.42. The molecule has 0 N–H and O–H groups in total. The molecule has 0 aromatic heterocycles. The zero-order valence-electron chi connectivity index (χ0n) is 10.2. The molecule has 0 spiro atoms. The number of benzene rings is 2. The Hall–Kier alpha value is -1.83. The van der Waals surface area contributed by atoms with Crippen LogP contribution < -0.4 is 4.90 Å². The lowest BCUT2D eigenvalue weighted by molar-refractivity contribution is 0.0994. The van der Waals surface area contributed by atoms with Crippen molar-refractivity contribution in [2.45, 2.75) is 20.3 Å². The third kappa shape index (κ3) is 1.24. The molecule has 3 rings (SSSR count). The molecular weight excluding hydrogens is 210 g/mol. The van der Waals surface area contributed by atoms with E-state index in [1.807, 2.05) is 24.0 Å². The SMILES string of the molecule is CCc1ccc2c3c(cccc13)C(=O)N2CC. The van der Waals surface area contributed by atoms with Gasteiger partial charge in [0.05, 0.1) is 5.69 Å². The Bertz CT molecular complexity index is 616. The first-order valence-electron chi connectivity index (χ1n) is 6.14. The van der Waals surface area contributed by atoms with E-state index in [4.69, 9.17) is 0 Å². The molecule has 1 heterocycles. The highest BCUT2D eigenvalue weighted by Gasteiger charge is 2.28. The van der Waals surface area contributed by atoms with Gasteiger partial charge >= 0.3 is 0 Å². The maximum Gasteiger partial charge on any atom is 0.258 e. The van der Waals surface area contributed by atoms with Crippen molar-refractivity contribution in [2.75, 3.05) is 11.4 Å². The van der Waals surface area contributed by atoms with Crippen molar-refractivity contribution in [2.24, 2.45) is 0 Å². The van der Waals surface area contributed by atoms with E-state index < -0.39 is 0 Å². The van der Waals surface area contributed by atoms with Crippen molar-refractivity contribution in [1.82, 2.24) is 0 Å². The maximum atomic E-state index is 12.2. The molecule has 1 aliphatic heterocycles. The van der Waals surface area contributed by atoms with Crippen LogP contribution in [0.5, 0.6) is 0 Å². The Kier molecular flexibility index (Phi) is 2.18. The van der Waals surface area contributed by atoms with Crippen molar-refractivity contribution in [3.8, 4) is 0 Å². The summed E-state index contributed by atoms with van der Waals surface area (Å²) in [6.45, 7) is 4.90. The minimum Gasteiger partial charge on any atom is -0.308 e. The summed E-state index contributed by atoms with van der Waals surface area (Å²) in [5.74, 6) is 0.140. The lowest BCUT2D eigenvalue weighted by atomic mass is 9.99. The molecule has 17 heavy (non-hydrogen) atoms. The van der Waals surface area contributed by atoms with Crippen molar-refractivity contribution in [3.63, 3.8) is 0 Å². The van der Waals surface area contributed by atoms with Crippen LogP contribution in [0.1, 0.15) is 29.8 Å². The van der Waals surface area contributed by atoms with E-state index in [0.717, 1.165) is 29.6 Å². The summed E-state index contributed by atoms with van der Waals surface area (Å²) in [7, 11) is 0. The van der Waals surface area contributed by atoms with E-state index in [0.29, 0.717) is 0 Å². The largest absolute Gasteiger partial charge is 0.308 e. The van der Waals surface area contributed by atoms with E-state index in [1.165, 1.54) is 10.9 Å². The standard InChI is InChI=1S/C15H15NO/c1-3-10-8-9-13-14-11(10)6-5-7-12(14)15(17)16(13)4-2/h5-9H,3-4H2,1-2H3. The van der Waals surface area contributed by atoms with E-state index in [-0.39, 0.29) is 5.91 Å². The van der Waals surface area contributed by atoms with Gasteiger partial charge in [0.1, 0.15) is 0 Å². The summed E-state index contributed by atoms with van der Waals surface area (Å²) in [4.78, 5) is 14.1. The van der Waals surface area contributed by atoms with Crippen LogP contribution in [0.15, 0.2) is 30.3 Å². The van der Waals surface area contributed by atoms with Gasteiger partial charge in [-0.3, -0.25) is 4.79 Å². The maximum absolute atomic E-state index is 12.2. The first-order chi connectivity index (χ1) is 8.27. The molecule has 2 heteroatoms. The van der Waals surface area contributed by atoms with Crippen LogP contribution in [0.2, 0.25) is 0 Å². The smallest absolute Gasteiger partial charge is 0.258 e. The summed E-state index contributed by atoms with van der Waals surface area (Å²) in [6.07, 6.45) is 1.00. The quantitative estimate of drug-likeness (QED) is 0.767. The van der Waals surface area contributed by atoms with Crippen LogP contribution in [0.25, 0.3) is 10.8 Å². The van der Waals surface area contributed by atoms with Crippen molar-refractivity contribution in [3.05, 3.63) is 41.5 Å². The molecule has 0 bridgehead atoms. The Morgan fingerprint density at radius 2 is 1.94 bits per heavy atom. The summed E-state index contributed by atoms with van der Waals surface area (Å²) < 4.78 is 0. The number of nitrogens with zero attached hydrogens (tertiary/aromatic N) is 1. The molecular formula is C15H15NO. The normalized spacial score (nSPS) is 13.8. The van der Waals surface area contributed by atoms with Crippen LogP contribution in [0, 0.1) is 0 Å². The Labute approximate surface area is 101 Å². The molecule has 2 aromatic rings. The highest BCUT2D eigenvalue weighted by Crippen LogP contribution is 2.38. The van der Waals surface area contributed by atoms with Crippen molar-refractivity contribution in [1.29, 1.82) is 0 Å². The van der Waals surface area contributed by atoms with Crippen LogP contribution in [0.4, 0.5) is 5.69 Å². The second kappa shape index (κ2) is 3.59. The predicted octanol–water partition coefficient (Wildman–Crippen LogP) is 3.38. The Morgan fingerprint density at radius 3 is 2.65 bits per heavy atom. The third-order valence-electron chi connectivity index (χ3n) is 3.57. The van der Waals surface area contributed by atoms with Gasteiger partial charge in [0, 0.05) is 17.5 Å². The molecule has 0 fully saturated rings. The summed E-state index contributed by atoms with van der Waals surface area (Å²) in [5.41, 5.74) is 3.24. The molecule has 2 aromatic carbocycles. The fourth-order valence-electron chi connectivity index (χ4n) is 2.73. The Morgan fingerprint density at radius 1 is 1.12 bits per heavy atom. The molecule has 0 atom stereocenters. The molecule has 2 nitrogen and oxygen atoms in total. The summed E-state index contributed by atoms with van der Waals surface area (Å²) in [6, 6.07) is 10.3. The number of anilines is 1. The van der Waals surface area contributed by atoms with Crippen molar-refractivity contribution < 1.29 is 4.79 Å². The zero-order valence-corrected chi connectivity index (χ0v) is 10.2. The first-order valence-corrected chi connectivity index (χ1v) is 6.14. The molecule has 0 saturated heterocycles. The monoisotopic (exact) mass is 225 g/mol. The molecule has 0 unspecified atom stereocenters. The fraction of sp³-hybridized carbons (Fsp3) is 0.267. The lowest BCUT2D eigenvalue weighted by Crippen LogP contribution is -2.25. The number of carbonyl (C=O) groups is 1. The topological polar surface area (TPSA) is 20.3 Å². The van der Waals surface area contributed by atoms with E-state index in [9.17, 15) is 4.79 Å². The minimum atomic E-state index is 0.140. The van der Waals surface area contributed by atoms with E-state index in [2.05, 4.69) is 25.1 Å². The van der Waals surface area contributed by atoms with Gasteiger partial charge in [0.2, 0.25) is 0 Å². The van der Waals surface area contributed by atoms with Gasteiger partial charge in [-0.2, -0.15) is 0 Å². The van der Waals surface area contributed by atoms with Crippen LogP contribution in [-0.2, 0) is 6.42 Å². The molecule has 0 aliphatic carbocycles. The summed E-state index contributed by atoms with van der Waals surface area (Å²) in [5, 5.41) is 2.37. The second-order valence-corrected chi connectivity index (χ2v) is 4.37. The molecule has 1 aliphatic rings. The highest BCUT2D eigenvalue weighted by atomic mass is 16.2. The number of hydrogen-bond acceptors (Lipinski definition) is 1. The van der Waals surface area contributed by atoms with Gasteiger partial charge < -0.3 is 4.90 Å². The zero-order chi connectivity index (χ0) is 12.0. The van der Waals surface area contributed by atoms with Gasteiger partial charge in [-0.05, 0) is 36.4 Å². The first kappa shape index (κ1) is 10.3. The molecule has 86 valence electrons. The summed E-state index contributed by atoms with van der Waals surface area (Å²) >= 11 is 0. The number of hydrogen-bond donors (Lipinski definition) is 0. The molecule has 1 amide bonds. The third-order valence-corrected chi connectivity index (χ3v) is 3.57. The highest BCUT2D eigenvalue weighted by molar-refractivity contribution is 6.25. The van der Waals surface area contributed by atoms with Gasteiger partial charge in [0.25, 0.3) is 5.91 Å². The van der Waals surface area contributed by atoms with E-state index in [1.54, 1.807) is 0 Å². The van der Waals surface area contributed by atoms with Gasteiger partial charge in [-0.1, -0.05) is 25.1 Å². The number of rotatable bonds is 2. The van der Waals surface area contributed by atoms with Crippen LogP contribution in [0.3, 0.4) is 0 Å². The minimum absolute atomic E-state index is 0.140. The fourth-order valence-corrected chi connectivity index (χ4v) is 2.73. The van der Waals surface area contributed by atoms with E-state index >= 15 is 0 Å².